The number of hydrogen-bond acceptors (Lipinski definition) is 4. The number of nitrogens with one attached hydrogen (secondary N) is 1. The number of aliphatic hydroxyl groups is 1. The zero-order valence-electron chi connectivity index (χ0n) is 15.2. The first kappa shape index (κ1) is 18.8. The van der Waals surface area contributed by atoms with Crippen LogP contribution < -0.4 is 14.8 Å². The molecule has 0 bridgehead atoms. The van der Waals surface area contributed by atoms with Crippen molar-refractivity contribution in [2.75, 3.05) is 13.7 Å². The number of ether oxygens (including phenoxy) is 2. The molecule has 0 amide bonds. The van der Waals surface area contributed by atoms with Gasteiger partial charge in [-0.25, -0.2) is 0 Å². The van der Waals surface area contributed by atoms with E-state index in [9.17, 15) is 5.11 Å². The molecule has 5 heteroatoms. The molecule has 138 valence electrons. The van der Waals surface area contributed by atoms with Crippen LogP contribution in [-0.4, -0.2) is 24.4 Å². The van der Waals surface area contributed by atoms with Crippen molar-refractivity contribution in [3.05, 3.63) is 70.8 Å². The Kier molecular flexibility index (Phi) is 5.56. The minimum atomic E-state index is -0.898. The van der Waals surface area contributed by atoms with Crippen LogP contribution in [0.15, 0.2) is 54.6 Å². The molecular formula is C21H24ClNO3. The summed E-state index contributed by atoms with van der Waals surface area (Å²) in [7, 11) is 1.62. The molecule has 1 aliphatic heterocycles. The summed E-state index contributed by atoms with van der Waals surface area (Å²) in [4.78, 5) is 0. The van der Waals surface area contributed by atoms with Gasteiger partial charge in [0.05, 0.1) is 24.8 Å². The summed E-state index contributed by atoms with van der Waals surface area (Å²) in [6, 6.07) is 13.9. The first-order valence-electron chi connectivity index (χ1n) is 8.59. The van der Waals surface area contributed by atoms with E-state index in [2.05, 4.69) is 17.5 Å². The standard InChI is InChI=1S/C21H24ClNO3/c1-21(2,24)13-26-19-11-6-15(12-20(19)25-3)18-10-9-17(23-18)14-4-7-16(22)8-5-14/h4-12,17-18,23-24H,13H2,1-3H3. The van der Waals surface area contributed by atoms with Crippen LogP contribution in [0.2, 0.25) is 5.02 Å². The number of rotatable bonds is 6. The smallest absolute Gasteiger partial charge is 0.161 e. The van der Waals surface area contributed by atoms with Crippen LogP contribution in [-0.2, 0) is 0 Å². The van der Waals surface area contributed by atoms with Gasteiger partial charge < -0.3 is 14.6 Å². The van der Waals surface area contributed by atoms with E-state index >= 15 is 0 Å². The Morgan fingerprint density at radius 2 is 1.62 bits per heavy atom. The van der Waals surface area contributed by atoms with Crippen molar-refractivity contribution >= 4 is 11.6 Å². The lowest BCUT2D eigenvalue weighted by molar-refractivity contribution is 0.0276. The molecule has 0 fully saturated rings. The van der Waals surface area contributed by atoms with Gasteiger partial charge in [0.25, 0.3) is 0 Å². The molecule has 26 heavy (non-hydrogen) atoms. The fourth-order valence-electron chi connectivity index (χ4n) is 2.86. The van der Waals surface area contributed by atoms with E-state index in [0.29, 0.717) is 11.5 Å². The number of benzene rings is 2. The zero-order chi connectivity index (χ0) is 18.7. The molecular weight excluding hydrogens is 350 g/mol. The van der Waals surface area contributed by atoms with Gasteiger partial charge in [0.15, 0.2) is 11.5 Å². The Morgan fingerprint density at radius 1 is 1.00 bits per heavy atom. The Bertz CT molecular complexity index is 781. The maximum Gasteiger partial charge on any atom is 0.161 e. The minimum absolute atomic E-state index is 0.0907. The molecule has 4 nitrogen and oxygen atoms in total. The van der Waals surface area contributed by atoms with Gasteiger partial charge in [-0.2, -0.15) is 0 Å². The van der Waals surface area contributed by atoms with Crippen LogP contribution in [0, 0.1) is 0 Å². The highest BCUT2D eigenvalue weighted by Gasteiger charge is 2.22. The molecule has 2 aromatic rings. The number of halogens is 1. The normalized spacial score (nSPS) is 19.6. The Morgan fingerprint density at radius 3 is 2.23 bits per heavy atom. The molecule has 0 aromatic heterocycles. The van der Waals surface area contributed by atoms with Gasteiger partial charge in [-0.05, 0) is 49.2 Å². The van der Waals surface area contributed by atoms with Gasteiger partial charge in [-0.1, -0.05) is 42.0 Å². The van der Waals surface area contributed by atoms with E-state index in [1.165, 1.54) is 5.56 Å². The third-order valence-corrected chi connectivity index (χ3v) is 4.46. The molecule has 2 aromatic carbocycles. The summed E-state index contributed by atoms with van der Waals surface area (Å²) in [5.41, 5.74) is 1.36. The lowest BCUT2D eigenvalue weighted by Crippen LogP contribution is -2.28. The summed E-state index contributed by atoms with van der Waals surface area (Å²) in [6.07, 6.45) is 4.30. The number of hydrogen-bond donors (Lipinski definition) is 2. The van der Waals surface area contributed by atoms with Gasteiger partial charge in [0.1, 0.15) is 6.61 Å². The highest BCUT2D eigenvalue weighted by Crippen LogP contribution is 2.34. The van der Waals surface area contributed by atoms with Crippen LogP contribution in [0.1, 0.15) is 37.1 Å². The molecule has 0 radical (unpaired) electrons. The zero-order valence-corrected chi connectivity index (χ0v) is 16.0. The maximum atomic E-state index is 9.83. The molecule has 2 atom stereocenters. The molecule has 1 aliphatic rings. The van der Waals surface area contributed by atoms with E-state index in [1.54, 1.807) is 21.0 Å². The molecule has 2 unspecified atom stereocenters. The summed E-state index contributed by atoms with van der Waals surface area (Å²) in [6.45, 7) is 3.61. The third kappa shape index (κ3) is 4.58. The van der Waals surface area contributed by atoms with Crippen LogP contribution in [0.5, 0.6) is 11.5 Å². The second kappa shape index (κ2) is 7.70. The summed E-state index contributed by atoms with van der Waals surface area (Å²) in [5, 5.41) is 14.1. The van der Waals surface area contributed by atoms with E-state index in [4.69, 9.17) is 21.1 Å². The molecule has 0 saturated carbocycles. The van der Waals surface area contributed by atoms with Crippen molar-refractivity contribution in [3.63, 3.8) is 0 Å². The van der Waals surface area contributed by atoms with Crippen LogP contribution in [0.25, 0.3) is 0 Å². The average molecular weight is 374 g/mol. The summed E-state index contributed by atoms with van der Waals surface area (Å²) < 4.78 is 11.1. The molecule has 0 spiro atoms. The molecule has 0 saturated heterocycles. The fraction of sp³-hybridized carbons (Fsp3) is 0.333. The number of methoxy groups -OCH3 is 1. The Hall–Kier alpha value is -2.01. The van der Waals surface area contributed by atoms with Gasteiger partial charge in [-0.15, -0.1) is 0 Å². The van der Waals surface area contributed by atoms with Gasteiger partial charge in [0, 0.05) is 5.02 Å². The van der Waals surface area contributed by atoms with E-state index < -0.39 is 5.60 Å². The molecule has 3 rings (SSSR count). The van der Waals surface area contributed by atoms with Crippen LogP contribution in [0.4, 0.5) is 0 Å². The van der Waals surface area contributed by atoms with Gasteiger partial charge in [0.2, 0.25) is 0 Å². The third-order valence-electron chi connectivity index (χ3n) is 4.21. The fourth-order valence-corrected chi connectivity index (χ4v) is 2.99. The largest absolute Gasteiger partial charge is 0.493 e. The van der Waals surface area contributed by atoms with Crippen molar-refractivity contribution in [1.82, 2.24) is 5.32 Å². The first-order valence-corrected chi connectivity index (χ1v) is 8.96. The summed E-state index contributed by atoms with van der Waals surface area (Å²) in [5.74, 6) is 1.27. The Labute approximate surface area is 159 Å². The van der Waals surface area contributed by atoms with Gasteiger partial charge in [-0.3, -0.25) is 5.32 Å². The minimum Gasteiger partial charge on any atom is -0.493 e. The van der Waals surface area contributed by atoms with Crippen molar-refractivity contribution in [2.24, 2.45) is 0 Å². The van der Waals surface area contributed by atoms with Crippen molar-refractivity contribution < 1.29 is 14.6 Å². The van der Waals surface area contributed by atoms with Crippen LogP contribution >= 0.6 is 11.6 Å². The monoisotopic (exact) mass is 373 g/mol. The lowest BCUT2D eigenvalue weighted by Gasteiger charge is -2.20. The van der Waals surface area contributed by atoms with E-state index in [0.717, 1.165) is 10.6 Å². The van der Waals surface area contributed by atoms with Gasteiger partial charge >= 0.3 is 0 Å². The summed E-state index contributed by atoms with van der Waals surface area (Å²) >= 11 is 5.97. The van der Waals surface area contributed by atoms with Crippen LogP contribution in [0.3, 0.4) is 0 Å². The quantitative estimate of drug-likeness (QED) is 0.735. The second-order valence-corrected chi connectivity index (χ2v) is 7.51. The van der Waals surface area contributed by atoms with Crippen molar-refractivity contribution in [2.45, 2.75) is 31.5 Å². The highest BCUT2D eigenvalue weighted by molar-refractivity contribution is 6.30. The van der Waals surface area contributed by atoms with Crippen molar-refractivity contribution in [3.8, 4) is 11.5 Å². The topological polar surface area (TPSA) is 50.7 Å². The SMILES string of the molecule is COc1cc(C2C=CC(c3ccc(Cl)cc3)N2)ccc1OCC(C)(C)O. The molecule has 1 heterocycles. The first-order chi connectivity index (χ1) is 12.4. The lowest BCUT2D eigenvalue weighted by atomic mass is 10.1. The molecule has 2 N–H and O–H groups in total. The van der Waals surface area contributed by atoms with Crippen molar-refractivity contribution in [1.29, 1.82) is 0 Å². The predicted octanol–water partition coefficient (Wildman–Crippen LogP) is 4.44. The molecule has 0 aliphatic carbocycles. The highest BCUT2D eigenvalue weighted by atomic mass is 35.5. The predicted molar refractivity (Wildman–Crippen MR) is 104 cm³/mol. The van der Waals surface area contributed by atoms with E-state index in [1.807, 2.05) is 42.5 Å². The Balaban J connectivity index is 1.72. The maximum absolute atomic E-state index is 9.83. The van der Waals surface area contributed by atoms with E-state index in [-0.39, 0.29) is 18.7 Å². The second-order valence-electron chi connectivity index (χ2n) is 7.07. The average Bonchev–Trinajstić information content (AvgIpc) is 3.10.